The molecule has 1 aromatic rings. The third-order valence-corrected chi connectivity index (χ3v) is 9.15. The topological polar surface area (TPSA) is 35.9 Å². The Kier molecular flexibility index (Phi) is 6.21. The molecule has 1 aromatic carbocycles. The fourth-order valence-corrected chi connectivity index (χ4v) is 8.38. The molecule has 0 spiro atoms. The fourth-order valence-electron chi connectivity index (χ4n) is 6.95. The van der Waals surface area contributed by atoms with Gasteiger partial charge in [-0.1, -0.05) is 36.7 Å². The monoisotopic (exact) mass is 477 g/mol. The first-order chi connectivity index (χ1) is 15.4. The average molecular weight is 478 g/mol. The highest BCUT2D eigenvalue weighted by molar-refractivity contribution is 8.14. The van der Waals surface area contributed by atoms with Crippen molar-refractivity contribution in [2.24, 2.45) is 22.7 Å². The van der Waals surface area contributed by atoms with Crippen molar-refractivity contribution in [3.8, 4) is 0 Å². The molecule has 6 rings (SSSR count). The van der Waals surface area contributed by atoms with Gasteiger partial charge in [-0.2, -0.15) is 0 Å². The van der Waals surface area contributed by atoms with Gasteiger partial charge in [0.15, 0.2) is 5.17 Å². The summed E-state index contributed by atoms with van der Waals surface area (Å²) < 4.78 is 14.8. The van der Waals surface area contributed by atoms with E-state index in [1.165, 1.54) is 51.5 Å². The number of hydrogen-bond acceptors (Lipinski definition) is 3. The van der Waals surface area contributed by atoms with Crippen molar-refractivity contribution >= 4 is 40.1 Å². The number of amides is 1. The van der Waals surface area contributed by atoms with Gasteiger partial charge in [0.25, 0.3) is 0 Å². The highest BCUT2D eigenvalue weighted by Crippen LogP contribution is 2.57. The van der Waals surface area contributed by atoms with E-state index < -0.39 is 5.82 Å². The molecule has 174 valence electrons. The maximum absolute atomic E-state index is 14.8. The number of thioether (sulfide) groups is 1. The molecule has 4 saturated carbocycles. The van der Waals surface area contributed by atoms with Crippen molar-refractivity contribution in [3.05, 3.63) is 29.0 Å². The first-order valence-electron chi connectivity index (χ1n) is 12.1. The van der Waals surface area contributed by atoms with Gasteiger partial charge < -0.3 is 4.90 Å². The minimum atomic E-state index is -0.459. The molecular formula is C25H33ClFN3OS. The summed E-state index contributed by atoms with van der Waals surface area (Å²) in [4.78, 5) is 22.1. The number of hydrogen-bond donors (Lipinski definition) is 0. The number of carbonyl (C=O) groups excluding carboxylic acids is 1. The van der Waals surface area contributed by atoms with E-state index in [4.69, 9.17) is 16.6 Å². The second kappa shape index (κ2) is 8.83. The summed E-state index contributed by atoms with van der Waals surface area (Å²) in [6, 6.07) is 4.56. The Labute approximate surface area is 200 Å². The summed E-state index contributed by atoms with van der Waals surface area (Å²) in [6.45, 7) is 4.53. The molecule has 7 heteroatoms. The van der Waals surface area contributed by atoms with Crippen LogP contribution in [-0.4, -0.2) is 40.0 Å². The standard InChI is InChI=1S/C25H33ClFN3OS/c1-3-4-7-29-23(30(16(2)31)22-6-5-20(26)11-21(22)27)15-32-24(29)28-25-12-17-8-18(13-25)10-19(9-17)14-25/h5-6,11,17-19,23H,3-4,7-10,12-15H2,1-2H3. The van der Waals surface area contributed by atoms with Crippen LogP contribution in [0.2, 0.25) is 5.02 Å². The summed E-state index contributed by atoms with van der Waals surface area (Å²) >= 11 is 7.72. The van der Waals surface area contributed by atoms with Crippen LogP contribution in [0, 0.1) is 23.6 Å². The van der Waals surface area contributed by atoms with Gasteiger partial charge in [-0.15, -0.1) is 0 Å². The zero-order valence-corrected chi connectivity index (χ0v) is 20.6. The minimum Gasteiger partial charge on any atom is -0.330 e. The molecule has 1 heterocycles. The van der Waals surface area contributed by atoms with E-state index in [1.807, 2.05) is 0 Å². The molecule has 5 aliphatic rings. The van der Waals surface area contributed by atoms with E-state index in [9.17, 15) is 9.18 Å². The number of rotatable bonds is 6. The van der Waals surface area contributed by atoms with E-state index in [-0.39, 0.29) is 17.6 Å². The Hall–Kier alpha value is -1.27. The zero-order chi connectivity index (χ0) is 22.5. The van der Waals surface area contributed by atoms with Crippen molar-refractivity contribution in [3.63, 3.8) is 0 Å². The van der Waals surface area contributed by atoms with E-state index in [0.717, 1.165) is 42.3 Å². The molecule has 4 bridgehead atoms. The lowest BCUT2D eigenvalue weighted by Crippen LogP contribution is -2.52. The van der Waals surface area contributed by atoms with Crippen molar-refractivity contribution in [1.29, 1.82) is 0 Å². The van der Waals surface area contributed by atoms with Crippen LogP contribution >= 0.6 is 23.4 Å². The quantitative estimate of drug-likeness (QED) is 0.480. The van der Waals surface area contributed by atoms with E-state index in [2.05, 4.69) is 11.8 Å². The van der Waals surface area contributed by atoms with Crippen LogP contribution in [0.15, 0.2) is 23.2 Å². The van der Waals surface area contributed by atoms with Crippen LogP contribution in [0.3, 0.4) is 0 Å². The predicted octanol–water partition coefficient (Wildman–Crippen LogP) is 6.33. The molecule has 5 fully saturated rings. The van der Waals surface area contributed by atoms with Crippen molar-refractivity contribution in [2.75, 3.05) is 17.2 Å². The van der Waals surface area contributed by atoms with Gasteiger partial charge in [-0.25, -0.2) is 4.39 Å². The van der Waals surface area contributed by atoms with E-state index >= 15 is 0 Å². The van der Waals surface area contributed by atoms with Gasteiger partial charge in [0.2, 0.25) is 5.91 Å². The number of unbranched alkanes of at least 4 members (excludes halogenated alkanes) is 1. The van der Waals surface area contributed by atoms with Crippen LogP contribution in [0.4, 0.5) is 10.1 Å². The number of nitrogens with zero attached hydrogens (tertiary/aromatic N) is 3. The summed E-state index contributed by atoms with van der Waals surface area (Å²) in [5.74, 6) is 2.61. The molecule has 1 amide bonds. The summed E-state index contributed by atoms with van der Waals surface area (Å²) in [5.41, 5.74) is 0.383. The number of carbonyl (C=O) groups is 1. The van der Waals surface area contributed by atoms with Crippen LogP contribution < -0.4 is 4.90 Å². The van der Waals surface area contributed by atoms with Crippen LogP contribution in [0.25, 0.3) is 0 Å². The molecular weight excluding hydrogens is 445 g/mol. The van der Waals surface area contributed by atoms with Gasteiger partial charge >= 0.3 is 0 Å². The normalized spacial score (nSPS) is 34.5. The summed E-state index contributed by atoms with van der Waals surface area (Å²) in [7, 11) is 0. The summed E-state index contributed by atoms with van der Waals surface area (Å²) in [6.07, 6.45) is 9.70. The van der Waals surface area contributed by atoms with Gasteiger partial charge in [-0.3, -0.25) is 14.7 Å². The highest BCUT2D eigenvalue weighted by atomic mass is 35.5. The van der Waals surface area contributed by atoms with Gasteiger partial charge in [0.05, 0.1) is 11.2 Å². The van der Waals surface area contributed by atoms with Gasteiger partial charge in [0.1, 0.15) is 12.0 Å². The lowest BCUT2D eigenvalue weighted by atomic mass is 9.53. The van der Waals surface area contributed by atoms with Crippen LogP contribution in [0.5, 0.6) is 0 Å². The fraction of sp³-hybridized carbons (Fsp3) is 0.680. The van der Waals surface area contributed by atoms with Crippen molar-refractivity contribution < 1.29 is 9.18 Å². The van der Waals surface area contributed by atoms with E-state index in [1.54, 1.807) is 28.8 Å². The molecule has 32 heavy (non-hydrogen) atoms. The van der Waals surface area contributed by atoms with Crippen molar-refractivity contribution in [1.82, 2.24) is 4.90 Å². The summed E-state index contributed by atoms with van der Waals surface area (Å²) in [5, 5.41) is 1.40. The van der Waals surface area contributed by atoms with Gasteiger partial charge in [0, 0.05) is 24.2 Å². The Morgan fingerprint density at radius 2 is 1.91 bits per heavy atom. The second-order valence-corrected chi connectivity index (χ2v) is 11.8. The molecule has 1 atom stereocenters. The number of halogens is 2. The number of amidine groups is 1. The number of aliphatic imine (C=N–C) groups is 1. The second-order valence-electron chi connectivity index (χ2n) is 10.4. The Bertz CT molecular complexity index is 887. The number of benzene rings is 1. The highest BCUT2D eigenvalue weighted by Gasteiger charge is 2.52. The zero-order valence-electron chi connectivity index (χ0n) is 19.0. The maximum Gasteiger partial charge on any atom is 0.225 e. The minimum absolute atomic E-state index is 0.0863. The first kappa shape index (κ1) is 22.5. The molecule has 1 saturated heterocycles. The third-order valence-electron chi connectivity index (χ3n) is 7.86. The average Bonchev–Trinajstić information content (AvgIpc) is 3.08. The maximum atomic E-state index is 14.8. The largest absolute Gasteiger partial charge is 0.330 e. The van der Waals surface area contributed by atoms with Gasteiger partial charge in [-0.05, 0) is 80.9 Å². The first-order valence-corrected chi connectivity index (χ1v) is 13.5. The van der Waals surface area contributed by atoms with Crippen LogP contribution in [0.1, 0.15) is 65.2 Å². The lowest BCUT2D eigenvalue weighted by Gasteiger charge is -2.55. The van der Waals surface area contributed by atoms with Crippen LogP contribution in [-0.2, 0) is 4.79 Å². The Morgan fingerprint density at radius 1 is 1.25 bits per heavy atom. The third kappa shape index (κ3) is 4.18. The SMILES string of the molecule is CCCCN1C(=NC23CC4CC(CC(C4)C2)C3)SCC1N(C(C)=O)c1ccc(Cl)cc1F. The van der Waals surface area contributed by atoms with E-state index in [0.29, 0.717) is 16.5 Å². The number of anilines is 1. The predicted molar refractivity (Wildman–Crippen MR) is 131 cm³/mol. The Balaban J connectivity index is 1.47. The molecule has 4 aliphatic carbocycles. The molecule has 0 aromatic heterocycles. The molecule has 1 aliphatic heterocycles. The lowest BCUT2D eigenvalue weighted by molar-refractivity contribution is -0.117. The molecule has 0 radical (unpaired) electrons. The Morgan fingerprint density at radius 3 is 2.47 bits per heavy atom. The smallest absolute Gasteiger partial charge is 0.225 e. The van der Waals surface area contributed by atoms with Crippen molar-refractivity contribution in [2.45, 2.75) is 76.9 Å². The molecule has 1 unspecified atom stereocenters. The molecule has 0 N–H and O–H groups in total. The molecule has 4 nitrogen and oxygen atoms in total.